The van der Waals surface area contributed by atoms with Crippen molar-refractivity contribution in [2.45, 2.75) is 64.9 Å². The van der Waals surface area contributed by atoms with Gasteiger partial charge in [-0.25, -0.2) is 0 Å². The van der Waals surface area contributed by atoms with E-state index in [1.54, 1.807) is 0 Å². The molecule has 2 N–H and O–H groups in total. The molecule has 2 saturated heterocycles. The topological polar surface area (TPSA) is 120 Å². The summed E-state index contributed by atoms with van der Waals surface area (Å²) in [6, 6.07) is 0. The zero-order chi connectivity index (χ0) is 24.2. The summed E-state index contributed by atoms with van der Waals surface area (Å²) in [6.07, 6.45) is 5.26. The van der Waals surface area contributed by atoms with E-state index in [1.807, 2.05) is 11.8 Å². The minimum absolute atomic E-state index is 0.0558. The number of nitrogens with zero attached hydrogens (tertiary/aromatic N) is 2. The Morgan fingerprint density at radius 1 is 1.30 bits per heavy atom. The standard InChI is InChI=1S/C23H33N3O4.CH2O2/c1-4-10-25(3)14-16-13-23(22(29)30-16)8-11-26(12-9-23)21(28)20-15(2)19-17(24-20)6-5-7-18(19)27;2-1-3/h16,24H,4-14H2,1-3H3;1H,(H,2,3). The van der Waals surface area contributed by atoms with Crippen LogP contribution >= 0.6 is 0 Å². The number of carbonyl (C=O) groups excluding carboxylic acids is 3. The second-order valence-corrected chi connectivity index (χ2v) is 9.43. The van der Waals surface area contributed by atoms with Crippen molar-refractivity contribution in [3.05, 3.63) is 22.5 Å². The molecular formula is C24H35N3O6. The van der Waals surface area contributed by atoms with Crippen LogP contribution in [0, 0.1) is 12.3 Å². The van der Waals surface area contributed by atoms with Gasteiger partial charge in [-0.1, -0.05) is 6.92 Å². The third-order valence-corrected chi connectivity index (χ3v) is 7.10. The predicted octanol–water partition coefficient (Wildman–Crippen LogP) is 2.42. The monoisotopic (exact) mass is 461 g/mol. The lowest BCUT2D eigenvalue weighted by molar-refractivity contribution is -0.151. The summed E-state index contributed by atoms with van der Waals surface area (Å²) in [4.78, 5) is 53.8. The van der Waals surface area contributed by atoms with Gasteiger partial charge >= 0.3 is 5.97 Å². The molecule has 1 atom stereocenters. The Kier molecular flexibility index (Phi) is 7.94. The van der Waals surface area contributed by atoms with Gasteiger partial charge in [-0.2, -0.15) is 0 Å². The Hall–Kier alpha value is -2.68. The fourth-order valence-electron chi connectivity index (χ4n) is 5.45. The Morgan fingerprint density at radius 2 is 1.97 bits per heavy atom. The van der Waals surface area contributed by atoms with Crippen LogP contribution in [0.1, 0.15) is 77.6 Å². The number of H-pyrrole nitrogens is 1. The fourth-order valence-corrected chi connectivity index (χ4v) is 5.45. The number of rotatable bonds is 5. The highest BCUT2D eigenvalue weighted by molar-refractivity contribution is 6.04. The van der Waals surface area contributed by atoms with Crippen molar-refractivity contribution in [2.75, 3.05) is 33.2 Å². The number of piperidine rings is 1. The van der Waals surface area contributed by atoms with Crippen LogP contribution in [0.15, 0.2) is 0 Å². The molecule has 1 aromatic rings. The molecule has 182 valence electrons. The summed E-state index contributed by atoms with van der Waals surface area (Å²) in [6.45, 7) is 6.61. The number of likely N-dealkylation sites (tertiary alicyclic amines) is 1. The van der Waals surface area contributed by atoms with Gasteiger partial charge < -0.3 is 24.6 Å². The number of hydrogen-bond donors (Lipinski definition) is 2. The number of esters is 1. The average Bonchev–Trinajstić information content (AvgIpc) is 3.26. The second kappa shape index (κ2) is 10.5. The SMILES string of the molecule is CCCN(C)CC1CC2(CCN(C(=O)c3[nH]c4c(c3C)C(=O)CCC4)CC2)C(=O)O1.O=CO. The lowest BCUT2D eigenvalue weighted by atomic mass is 9.76. The zero-order valence-electron chi connectivity index (χ0n) is 19.8. The molecule has 0 radical (unpaired) electrons. The maximum atomic E-state index is 13.2. The van der Waals surface area contributed by atoms with E-state index in [4.69, 9.17) is 14.6 Å². The number of carboxylic acid groups (broad SMARTS) is 1. The van der Waals surface area contributed by atoms with Crippen LogP contribution in [0.25, 0.3) is 0 Å². The zero-order valence-corrected chi connectivity index (χ0v) is 19.8. The molecule has 1 amide bonds. The molecule has 1 unspecified atom stereocenters. The first-order chi connectivity index (χ1) is 15.8. The molecule has 2 aliphatic heterocycles. The van der Waals surface area contributed by atoms with E-state index in [0.717, 1.165) is 55.6 Å². The molecule has 3 aliphatic rings. The highest BCUT2D eigenvalue weighted by atomic mass is 16.6. The third-order valence-electron chi connectivity index (χ3n) is 7.10. The number of likely N-dealkylation sites (N-methyl/N-ethyl adjacent to an activating group) is 1. The molecule has 9 heteroatoms. The van der Waals surface area contributed by atoms with Crippen LogP contribution in [0.5, 0.6) is 0 Å². The molecule has 1 spiro atoms. The summed E-state index contributed by atoms with van der Waals surface area (Å²) >= 11 is 0. The molecular weight excluding hydrogens is 426 g/mol. The molecule has 1 aliphatic carbocycles. The van der Waals surface area contributed by atoms with E-state index < -0.39 is 5.41 Å². The molecule has 0 bridgehead atoms. The number of nitrogens with one attached hydrogen (secondary N) is 1. The highest BCUT2D eigenvalue weighted by Gasteiger charge is 2.51. The van der Waals surface area contributed by atoms with Crippen molar-refractivity contribution in [2.24, 2.45) is 5.41 Å². The number of hydrogen-bond acceptors (Lipinski definition) is 6. The number of ether oxygens (including phenoxy) is 1. The number of amides is 1. The first-order valence-corrected chi connectivity index (χ1v) is 11.8. The van der Waals surface area contributed by atoms with Gasteiger partial charge in [0.2, 0.25) is 0 Å². The molecule has 2 fully saturated rings. The first-order valence-electron chi connectivity index (χ1n) is 11.8. The van der Waals surface area contributed by atoms with Crippen LogP contribution in [-0.2, 0) is 20.7 Å². The molecule has 0 aromatic carbocycles. The number of cyclic esters (lactones) is 1. The van der Waals surface area contributed by atoms with Crippen LogP contribution in [0.3, 0.4) is 0 Å². The second-order valence-electron chi connectivity index (χ2n) is 9.43. The summed E-state index contributed by atoms with van der Waals surface area (Å²) in [5.41, 5.74) is 2.49. The minimum atomic E-state index is -0.450. The number of fused-ring (bicyclic) bond motifs is 1. The smallest absolute Gasteiger partial charge is 0.312 e. The molecule has 1 aromatic heterocycles. The Balaban J connectivity index is 0.000000968. The third kappa shape index (κ3) is 5.13. The van der Waals surface area contributed by atoms with E-state index in [1.165, 1.54) is 0 Å². The summed E-state index contributed by atoms with van der Waals surface area (Å²) in [5.74, 6) is -0.0220. The van der Waals surface area contributed by atoms with Crippen LogP contribution in [0.4, 0.5) is 0 Å². The van der Waals surface area contributed by atoms with Crippen LogP contribution < -0.4 is 0 Å². The normalized spacial score (nSPS) is 21.5. The lowest BCUT2D eigenvalue weighted by Crippen LogP contribution is -2.45. The fraction of sp³-hybridized carbons (Fsp3) is 0.667. The minimum Gasteiger partial charge on any atom is -0.483 e. The van der Waals surface area contributed by atoms with Gasteiger partial charge in [-0.3, -0.25) is 19.2 Å². The maximum absolute atomic E-state index is 13.2. The summed E-state index contributed by atoms with van der Waals surface area (Å²) in [7, 11) is 2.06. The van der Waals surface area contributed by atoms with E-state index in [2.05, 4.69) is 23.9 Å². The quantitative estimate of drug-likeness (QED) is 0.510. The van der Waals surface area contributed by atoms with E-state index >= 15 is 0 Å². The van der Waals surface area contributed by atoms with Crippen molar-refractivity contribution in [1.29, 1.82) is 0 Å². The van der Waals surface area contributed by atoms with Crippen molar-refractivity contribution in [1.82, 2.24) is 14.8 Å². The lowest BCUT2D eigenvalue weighted by Gasteiger charge is -2.36. The number of aromatic nitrogens is 1. The maximum Gasteiger partial charge on any atom is 0.312 e. The average molecular weight is 462 g/mol. The van der Waals surface area contributed by atoms with Crippen molar-refractivity contribution in [3.8, 4) is 0 Å². The summed E-state index contributed by atoms with van der Waals surface area (Å²) in [5, 5.41) is 6.89. The van der Waals surface area contributed by atoms with E-state index in [-0.39, 0.29) is 30.2 Å². The van der Waals surface area contributed by atoms with Gasteiger partial charge in [0, 0.05) is 43.7 Å². The highest BCUT2D eigenvalue weighted by Crippen LogP contribution is 2.43. The van der Waals surface area contributed by atoms with Crippen molar-refractivity contribution in [3.63, 3.8) is 0 Å². The van der Waals surface area contributed by atoms with Crippen LogP contribution in [-0.4, -0.2) is 83.4 Å². The van der Waals surface area contributed by atoms with Crippen LogP contribution in [0.2, 0.25) is 0 Å². The predicted molar refractivity (Wildman–Crippen MR) is 121 cm³/mol. The van der Waals surface area contributed by atoms with E-state index in [0.29, 0.717) is 38.0 Å². The number of carbonyl (C=O) groups is 4. The number of aryl methyl sites for hydroxylation is 1. The molecule has 0 saturated carbocycles. The molecule has 3 heterocycles. The van der Waals surface area contributed by atoms with Crippen molar-refractivity contribution >= 4 is 24.1 Å². The van der Waals surface area contributed by atoms with Gasteiger partial charge in [0.25, 0.3) is 12.4 Å². The Bertz CT molecular complexity index is 900. The largest absolute Gasteiger partial charge is 0.483 e. The van der Waals surface area contributed by atoms with Gasteiger partial charge in [-0.15, -0.1) is 0 Å². The van der Waals surface area contributed by atoms with Gasteiger partial charge in [0.05, 0.1) is 5.41 Å². The van der Waals surface area contributed by atoms with Gasteiger partial charge in [0.15, 0.2) is 5.78 Å². The number of ketones is 1. The summed E-state index contributed by atoms with van der Waals surface area (Å²) < 4.78 is 5.71. The van der Waals surface area contributed by atoms with E-state index in [9.17, 15) is 14.4 Å². The number of aromatic amines is 1. The Morgan fingerprint density at radius 3 is 2.58 bits per heavy atom. The molecule has 9 nitrogen and oxygen atoms in total. The Labute approximate surface area is 194 Å². The molecule has 4 rings (SSSR count). The van der Waals surface area contributed by atoms with Crippen molar-refractivity contribution < 1.29 is 29.0 Å². The molecule has 33 heavy (non-hydrogen) atoms. The van der Waals surface area contributed by atoms with Gasteiger partial charge in [0.1, 0.15) is 11.8 Å². The first kappa shape index (κ1) is 25.0. The van der Waals surface area contributed by atoms with Gasteiger partial charge in [-0.05, 0) is 58.2 Å². The number of Topliss-reactive ketones (excluding diaryl/α,β-unsaturated/α-hetero) is 1.